The standard InChI is InChI=1S/C17H18N2O/c1-17(2)16(20)19(14-11-7-4-8-12-14)15(18-17)13-9-5-3-6-10-13/h3-12,15,18H,1-2H3/t15-/m1/s1. The molecule has 1 aliphatic rings. The summed E-state index contributed by atoms with van der Waals surface area (Å²) in [6, 6.07) is 19.9. The summed E-state index contributed by atoms with van der Waals surface area (Å²) in [5.41, 5.74) is 1.45. The Labute approximate surface area is 119 Å². The van der Waals surface area contributed by atoms with E-state index in [0.717, 1.165) is 11.3 Å². The van der Waals surface area contributed by atoms with E-state index in [0.29, 0.717) is 0 Å². The Morgan fingerprint density at radius 2 is 1.50 bits per heavy atom. The van der Waals surface area contributed by atoms with E-state index in [9.17, 15) is 4.79 Å². The molecule has 1 aliphatic heterocycles. The van der Waals surface area contributed by atoms with Crippen molar-refractivity contribution in [3.8, 4) is 0 Å². The number of para-hydroxylation sites is 1. The Balaban J connectivity index is 2.06. The van der Waals surface area contributed by atoms with Crippen molar-refractivity contribution < 1.29 is 4.79 Å². The SMILES string of the molecule is CC1(C)N[C@@H](c2ccccc2)N(c2ccccc2)C1=O. The third-order valence-electron chi connectivity index (χ3n) is 3.66. The Morgan fingerprint density at radius 1 is 0.950 bits per heavy atom. The number of hydrogen-bond acceptors (Lipinski definition) is 2. The second kappa shape index (κ2) is 4.76. The molecule has 20 heavy (non-hydrogen) atoms. The third kappa shape index (κ3) is 2.10. The number of hydrogen-bond donors (Lipinski definition) is 1. The Morgan fingerprint density at radius 3 is 2.10 bits per heavy atom. The van der Waals surface area contributed by atoms with Gasteiger partial charge in [-0.25, -0.2) is 0 Å². The monoisotopic (exact) mass is 266 g/mol. The van der Waals surface area contributed by atoms with E-state index in [1.807, 2.05) is 79.4 Å². The van der Waals surface area contributed by atoms with Crippen LogP contribution in [0.25, 0.3) is 0 Å². The molecule has 1 saturated heterocycles. The molecule has 1 N–H and O–H groups in total. The van der Waals surface area contributed by atoms with E-state index in [-0.39, 0.29) is 12.1 Å². The zero-order valence-electron chi connectivity index (χ0n) is 11.7. The molecule has 102 valence electrons. The molecule has 1 atom stereocenters. The van der Waals surface area contributed by atoms with Crippen LogP contribution in [-0.2, 0) is 4.79 Å². The maximum Gasteiger partial charge on any atom is 0.248 e. The molecule has 0 bridgehead atoms. The Kier molecular flexibility index (Phi) is 3.07. The van der Waals surface area contributed by atoms with Crippen LogP contribution in [0.2, 0.25) is 0 Å². The first kappa shape index (κ1) is 12.9. The molecule has 0 unspecified atom stereocenters. The summed E-state index contributed by atoms with van der Waals surface area (Å²) in [5.74, 6) is 0.0950. The Hall–Kier alpha value is -2.13. The number of carbonyl (C=O) groups is 1. The number of benzene rings is 2. The second-order valence-corrected chi connectivity index (χ2v) is 5.59. The lowest BCUT2D eigenvalue weighted by Gasteiger charge is -2.24. The van der Waals surface area contributed by atoms with E-state index >= 15 is 0 Å². The van der Waals surface area contributed by atoms with Crippen LogP contribution in [0.4, 0.5) is 5.69 Å². The van der Waals surface area contributed by atoms with E-state index < -0.39 is 5.54 Å². The summed E-state index contributed by atoms with van der Waals surface area (Å²) >= 11 is 0. The molecule has 3 nitrogen and oxygen atoms in total. The lowest BCUT2D eigenvalue weighted by atomic mass is 10.1. The first-order chi connectivity index (χ1) is 9.59. The van der Waals surface area contributed by atoms with E-state index in [4.69, 9.17) is 0 Å². The fraction of sp³-hybridized carbons (Fsp3) is 0.235. The van der Waals surface area contributed by atoms with Crippen molar-refractivity contribution in [2.24, 2.45) is 0 Å². The zero-order valence-corrected chi connectivity index (χ0v) is 11.7. The van der Waals surface area contributed by atoms with E-state index in [1.54, 1.807) is 0 Å². The molecular weight excluding hydrogens is 248 g/mol. The molecule has 0 radical (unpaired) electrons. The number of carbonyl (C=O) groups excluding carboxylic acids is 1. The van der Waals surface area contributed by atoms with Gasteiger partial charge in [-0.05, 0) is 31.5 Å². The summed E-state index contributed by atoms with van der Waals surface area (Å²) in [7, 11) is 0. The van der Waals surface area contributed by atoms with Crippen molar-refractivity contribution >= 4 is 11.6 Å². The van der Waals surface area contributed by atoms with Crippen LogP contribution in [0.1, 0.15) is 25.6 Å². The minimum Gasteiger partial charge on any atom is -0.291 e. The minimum absolute atomic E-state index is 0.0950. The maximum absolute atomic E-state index is 12.7. The van der Waals surface area contributed by atoms with Crippen LogP contribution in [0.5, 0.6) is 0 Å². The molecule has 0 aliphatic carbocycles. The molecule has 1 fully saturated rings. The summed E-state index contributed by atoms with van der Waals surface area (Å²) in [5, 5.41) is 3.42. The van der Waals surface area contributed by atoms with Gasteiger partial charge in [0.15, 0.2) is 0 Å². The van der Waals surface area contributed by atoms with Gasteiger partial charge in [-0.2, -0.15) is 0 Å². The van der Waals surface area contributed by atoms with Gasteiger partial charge in [0.2, 0.25) is 5.91 Å². The largest absolute Gasteiger partial charge is 0.291 e. The Bertz CT molecular complexity index is 607. The van der Waals surface area contributed by atoms with Gasteiger partial charge in [-0.1, -0.05) is 48.5 Å². The topological polar surface area (TPSA) is 32.3 Å². The van der Waals surface area contributed by atoms with Crippen LogP contribution < -0.4 is 10.2 Å². The summed E-state index contributed by atoms with van der Waals surface area (Å²) in [6.07, 6.45) is -0.124. The average molecular weight is 266 g/mol. The second-order valence-electron chi connectivity index (χ2n) is 5.59. The zero-order chi connectivity index (χ0) is 14.2. The fourth-order valence-electron chi connectivity index (χ4n) is 2.61. The quantitative estimate of drug-likeness (QED) is 0.906. The highest BCUT2D eigenvalue weighted by Gasteiger charge is 2.45. The number of anilines is 1. The highest BCUT2D eigenvalue weighted by Crippen LogP contribution is 2.34. The normalized spacial score (nSPS) is 21.2. The van der Waals surface area contributed by atoms with Crippen molar-refractivity contribution in [1.82, 2.24) is 5.32 Å². The molecule has 2 aromatic rings. The van der Waals surface area contributed by atoms with Crippen LogP contribution in [0.15, 0.2) is 60.7 Å². The predicted molar refractivity (Wildman–Crippen MR) is 80.3 cm³/mol. The molecule has 1 amide bonds. The molecule has 3 rings (SSSR count). The minimum atomic E-state index is -0.559. The van der Waals surface area contributed by atoms with Crippen LogP contribution >= 0.6 is 0 Å². The first-order valence-electron chi connectivity index (χ1n) is 6.81. The number of nitrogens with zero attached hydrogens (tertiary/aromatic N) is 1. The summed E-state index contributed by atoms with van der Waals surface area (Å²) in [4.78, 5) is 14.5. The number of rotatable bonds is 2. The van der Waals surface area contributed by atoms with Crippen molar-refractivity contribution in [3.63, 3.8) is 0 Å². The van der Waals surface area contributed by atoms with Crippen LogP contribution in [-0.4, -0.2) is 11.4 Å². The van der Waals surface area contributed by atoms with Gasteiger partial charge in [0.05, 0.1) is 5.54 Å². The van der Waals surface area contributed by atoms with Gasteiger partial charge in [0.25, 0.3) is 0 Å². The van der Waals surface area contributed by atoms with Crippen molar-refractivity contribution in [3.05, 3.63) is 66.2 Å². The van der Waals surface area contributed by atoms with Crippen LogP contribution in [0.3, 0.4) is 0 Å². The molecule has 0 aromatic heterocycles. The summed E-state index contributed by atoms with van der Waals surface area (Å²) in [6.45, 7) is 3.85. The smallest absolute Gasteiger partial charge is 0.248 e. The van der Waals surface area contributed by atoms with Gasteiger partial charge >= 0.3 is 0 Å². The fourth-order valence-corrected chi connectivity index (χ4v) is 2.61. The molecule has 0 saturated carbocycles. The maximum atomic E-state index is 12.7. The highest BCUT2D eigenvalue weighted by atomic mass is 16.2. The lowest BCUT2D eigenvalue weighted by molar-refractivity contribution is -0.121. The van der Waals surface area contributed by atoms with Crippen molar-refractivity contribution in [1.29, 1.82) is 0 Å². The van der Waals surface area contributed by atoms with Gasteiger partial charge in [0.1, 0.15) is 6.17 Å². The highest BCUT2D eigenvalue weighted by molar-refractivity contribution is 6.02. The molecule has 0 spiro atoms. The molecular formula is C17H18N2O. The lowest BCUT2D eigenvalue weighted by Crippen LogP contribution is -2.40. The molecule has 2 aromatic carbocycles. The van der Waals surface area contributed by atoms with Crippen molar-refractivity contribution in [2.75, 3.05) is 4.90 Å². The average Bonchev–Trinajstić information content (AvgIpc) is 2.72. The van der Waals surface area contributed by atoms with Gasteiger partial charge in [0, 0.05) is 5.69 Å². The predicted octanol–water partition coefficient (Wildman–Crippen LogP) is 3.10. The number of nitrogens with one attached hydrogen (secondary N) is 1. The van der Waals surface area contributed by atoms with Gasteiger partial charge in [-0.3, -0.25) is 15.0 Å². The first-order valence-corrected chi connectivity index (χ1v) is 6.81. The van der Waals surface area contributed by atoms with Gasteiger partial charge < -0.3 is 0 Å². The van der Waals surface area contributed by atoms with Crippen molar-refractivity contribution in [2.45, 2.75) is 25.6 Å². The van der Waals surface area contributed by atoms with Gasteiger partial charge in [-0.15, -0.1) is 0 Å². The number of amides is 1. The van der Waals surface area contributed by atoms with E-state index in [2.05, 4.69) is 5.32 Å². The van der Waals surface area contributed by atoms with Crippen LogP contribution in [0, 0.1) is 0 Å². The molecule has 1 heterocycles. The third-order valence-corrected chi connectivity index (χ3v) is 3.66. The molecule has 3 heteroatoms. The van der Waals surface area contributed by atoms with E-state index in [1.165, 1.54) is 0 Å². The summed E-state index contributed by atoms with van der Waals surface area (Å²) < 4.78 is 0.